The van der Waals surface area contributed by atoms with Crippen molar-refractivity contribution in [3.63, 3.8) is 0 Å². The molecule has 1 aliphatic carbocycles. The van der Waals surface area contributed by atoms with Gasteiger partial charge in [0, 0.05) is 43.8 Å². The maximum Gasteiger partial charge on any atom is 0.255 e. The molecule has 0 amide bonds. The molecule has 0 unspecified atom stereocenters. The minimum Gasteiger partial charge on any atom is -0.354 e. The average Bonchev–Trinajstić information content (AvgIpc) is 3.54. The molecule has 4 aromatic heterocycles. The fraction of sp³-hybridized carbons (Fsp3) is 0.577. The predicted octanol–water partition coefficient (Wildman–Crippen LogP) is 4.73. The molecule has 2 aliphatic rings. The van der Waals surface area contributed by atoms with Gasteiger partial charge in [-0.3, -0.25) is 0 Å². The van der Waals surface area contributed by atoms with Crippen molar-refractivity contribution in [1.29, 1.82) is 0 Å². The third-order valence-electron chi connectivity index (χ3n) is 7.98. The molecule has 36 heavy (non-hydrogen) atoms. The highest BCUT2D eigenvalue weighted by Crippen LogP contribution is 2.32. The van der Waals surface area contributed by atoms with Crippen LogP contribution in [0.25, 0.3) is 16.8 Å². The van der Waals surface area contributed by atoms with Crippen LogP contribution in [-0.4, -0.2) is 66.5 Å². The van der Waals surface area contributed by atoms with Crippen LogP contribution in [0.1, 0.15) is 51.1 Å². The van der Waals surface area contributed by atoms with Crippen molar-refractivity contribution in [3.8, 4) is 0 Å². The highest BCUT2D eigenvalue weighted by Gasteiger charge is 2.32. The zero-order valence-corrected chi connectivity index (χ0v) is 22.2. The number of fused-ring (bicyclic) bond motifs is 2. The number of piperidine rings is 1. The van der Waals surface area contributed by atoms with E-state index in [2.05, 4.69) is 50.9 Å². The van der Waals surface area contributed by atoms with Gasteiger partial charge >= 0.3 is 0 Å². The summed E-state index contributed by atoms with van der Waals surface area (Å²) >= 11 is 1.79. The number of aryl methyl sites for hydroxylation is 1. The summed E-state index contributed by atoms with van der Waals surface area (Å²) < 4.78 is 1.96. The number of aromatic amines is 1. The van der Waals surface area contributed by atoms with Crippen molar-refractivity contribution in [2.75, 3.05) is 35.7 Å². The summed E-state index contributed by atoms with van der Waals surface area (Å²) in [7, 11) is 2.16. The largest absolute Gasteiger partial charge is 0.354 e. The number of rotatable bonds is 6. The first-order valence-corrected chi connectivity index (χ1v) is 14.2. The summed E-state index contributed by atoms with van der Waals surface area (Å²) in [6, 6.07) is 4.52. The lowest BCUT2D eigenvalue weighted by atomic mass is 9.91. The van der Waals surface area contributed by atoms with Gasteiger partial charge in [0.2, 0.25) is 5.16 Å². The Morgan fingerprint density at radius 3 is 2.86 bits per heavy atom. The lowest BCUT2D eigenvalue weighted by molar-refractivity contribution is 0.364. The second-order valence-corrected chi connectivity index (χ2v) is 11.5. The van der Waals surface area contributed by atoms with E-state index in [9.17, 15) is 0 Å². The number of hydrogen-bond acceptors (Lipinski definition) is 8. The molecule has 1 aliphatic heterocycles. The standard InChI is InChI=1S/C26H35N9S/c1-17-10-12-34(14-21(17)33(3)24-20-9-11-27-23(20)28-16-29-24)22-13-18(2)30-25-31-26(32-35(22)25)36-15-19-7-5-4-6-8-19/h9,11,13,16-17,19,21H,4-8,10,12,14-15H2,1-3H3,(H,27,28,29)/t17-,21+/m1/s1. The first-order chi connectivity index (χ1) is 17.6. The van der Waals surface area contributed by atoms with E-state index in [1.54, 1.807) is 18.1 Å². The van der Waals surface area contributed by atoms with E-state index in [1.807, 2.05) is 17.6 Å². The molecule has 0 bridgehead atoms. The third kappa shape index (κ3) is 4.51. The molecular formula is C26H35N9S. The molecule has 4 aromatic rings. The number of thioether (sulfide) groups is 1. The summed E-state index contributed by atoms with van der Waals surface area (Å²) in [5.74, 6) is 5.17. The third-order valence-corrected chi connectivity index (χ3v) is 9.05. The minimum atomic E-state index is 0.305. The molecule has 1 saturated carbocycles. The van der Waals surface area contributed by atoms with Gasteiger partial charge in [-0.1, -0.05) is 37.9 Å². The van der Waals surface area contributed by atoms with Crippen molar-refractivity contribution < 1.29 is 0 Å². The smallest absolute Gasteiger partial charge is 0.255 e. The van der Waals surface area contributed by atoms with Crippen molar-refractivity contribution in [2.24, 2.45) is 11.8 Å². The molecular weight excluding hydrogens is 470 g/mol. The Labute approximate surface area is 216 Å². The number of H-pyrrole nitrogens is 1. The van der Waals surface area contributed by atoms with Crippen LogP contribution in [0.15, 0.2) is 29.8 Å². The number of likely N-dealkylation sites (N-methyl/N-ethyl adjacent to an activating group) is 1. The van der Waals surface area contributed by atoms with E-state index < -0.39 is 0 Å². The van der Waals surface area contributed by atoms with Crippen LogP contribution in [0.5, 0.6) is 0 Å². The van der Waals surface area contributed by atoms with E-state index in [0.29, 0.717) is 17.7 Å². The Hall–Kier alpha value is -2.88. The molecule has 6 rings (SSSR count). The van der Waals surface area contributed by atoms with E-state index in [-0.39, 0.29) is 0 Å². The van der Waals surface area contributed by atoms with Crippen LogP contribution in [0.3, 0.4) is 0 Å². The van der Waals surface area contributed by atoms with Crippen LogP contribution in [0.2, 0.25) is 0 Å². The minimum absolute atomic E-state index is 0.305. The molecule has 190 valence electrons. The summed E-state index contributed by atoms with van der Waals surface area (Å²) in [6.07, 6.45) is 11.5. The van der Waals surface area contributed by atoms with Gasteiger partial charge in [0.1, 0.15) is 23.6 Å². The summed E-state index contributed by atoms with van der Waals surface area (Å²) in [5.41, 5.74) is 1.85. The first-order valence-electron chi connectivity index (χ1n) is 13.2. The molecule has 1 saturated heterocycles. The summed E-state index contributed by atoms with van der Waals surface area (Å²) in [5, 5.41) is 6.82. The number of nitrogens with zero attached hydrogens (tertiary/aromatic N) is 8. The second kappa shape index (κ2) is 9.88. The van der Waals surface area contributed by atoms with E-state index in [0.717, 1.165) is 64.7 Å². The van der Waals surface area contributed by atoms with Gasteiger partial charge in [0.05, 0.1) is 11.4 Å². The van der Waals surface area contributed by atoms with Gasteiger partial charge in [0.15, 0.2) is 0 Å². The van der Waals surface area contributed by atoms with Crippen LogP contribution >= 0.6 is 11.8 Å². The van der Waals surface area contributed by atoms with Crippen molar-refractivity contribution in [1.82, 2.24) is 34.5 Å². The normalized spacial score (nSPS) is 21.5. The molecule has 5 heterocycles. The monoisotopic (exact) mass is 505 g/mol. The lowest BCUT2D eigenvalue weighted by Crippen LogP contribution is -2.51. The molecule has 2 fully saturated rings. The van der Waals surface area contributed by atoms with Gasteiger partial charge in [-0.2, -0.15) is 9.50 Å². The summed E-state index contributed by atoms with van der Waals surface area (Å²) in [6.45, 7) is 6.26. The van der Waals surface area contributed by atoms with Crippen LogP contribution in [-0.2, 0) is 0 Å². The quantitative estimate of drug-likeness (QED) is 0.376. The van der Waals surface area contributed by atoms with Crippen molar-refractivity contribution in [2.45, 2.75) is 63.6 Å². The Kier molecular flexibility index (Phi) is 6.45. The molecule has 0 radical (unpaired) electrons. The molecule has 10 heteroatoms. The lowest BCUT2D eigenvalue weighted by Gasteiger charge is -2.43. The predicted molar refractivity (Wildman–Crippen MR) is 145 cm³/mol. The fourth-order valence-electron chi connectivity index (χ4n) is 5.84. The molecule has 9 nitrogen and oxygen atoms in total. The number of aromatic nitrogens is 7. The SMILES string of the molecule is Cc1cc(N2CC[C@@H](C)[C@@H](N(C)c3ncnc4[nH]ccc34)C2)n2nc(SCC3CCCCC3)nc2n1. The number of anilines is 2. The van der Waals surface area contributed by atoms with Crippen molar-refractivity contribution in [3.05, 3.63) is 30.4 Å². The highest BCUT2D eigenvalue weighted by molar-refractivity contribution is 7.99. The van der Waals surface area contributed by atoms with E-state index >= 15 is 0 Å². The Morgan fingerprint density at radius 1 is 1.14 bits per heavy atom. The zero-order chi connectivity index (χ0) is 24.6. The maximum absolute atomic E-state index is 4.92. The molecule has 2 atom stereocenters. The number of nitrogens with one attached hydrogen (secondary N) is 1. The van der Waals surface area contributed by atoms with Crippen molar-refractivity contribution >= 4 is 40.2 Å². The zero-order valence-electron chi connectivity index (χ0n) is 21.4. The maximum atomic E-state index is 4.92. The topological polar surface area (TPSA) is 91.1 Å². The van der Waals surface area contributed by atoms with Gasteiger partial charge in [-0.25, -0.2) is 15.0 Å². The highest BCUT2D eigenvalue weighted by atomic mass is 32.2. The Balaban J connectivity index is 1.25. The molecule has 1 N–H and O–H groups in total. The van der Waals surface area contributed by atoms with Gasteiger partial charge in [0.25, 0.3) is 5.78 Å². The van der Waals surface area contributed by atoms with Crippen LogP contribution in [0.4, 0.5) is 11.6 Å². The Bertz CT molecular complexity index is 1340. The van der Waals surface area contributed by atoms with E-state index in [1.165, 1.54) is 32.1 Å². The fourth-order valence-corrected chi connectivity index (χ4v) is 6.84. The van der Waals surface area contributed by atoms with Gasteiger partial charge in [-0.15, -0.1) is 5.10 Å². The molecule has 0 aromatic carbocycles. The van der Waals surface area contributed by atoms with E-state index in [4.69, 9.17) is 15.1 Å². The van der Waals surface area contributed by atoms with Crippen LogP contribution < -0.4 is 9.80 Å². The first kappa shape index (κ1) is 23.5. The van der Waals surface area contributed by atoms with Gasteiger partial charge in [-0.05, 0) is 44.1 Å². The van der Waals surface area contributed by atoms with Crippen LogP contribution in [0, 0.1) is 18.8 Å². The Morgan fingerprint density at radius 2 is 2.00 bits per heavy atom. The van der Waals surface area contributed by atoms with Gasteiger partial charge < -0.3 is 14.8 Å². The average molecular weight is 506 g/mol. The number of hydrogen-bond donors (Lipinski definition) is 1. The molecule has 0 spiro atoms. The second-order valence-electron chi connectivity index (χ2n) is 10.5. The summed E-state index contributed by atoms with van der Waals surface area (Å²) in [4.78, 5) is 26.5.